The molecule has 0 spiro atoms. The molecule has 0 aliphatic carbocycles. The van der Waals surface area contributed by atoms with E-state index in [0.717, 1.165) is 20.3 Å². The second-order valence-electron chi connectivity index (χ2n) is 11.8. The molecule has 4 aromatic rings. The van der Waals surface area contributed by atoms with Gasteiger partial charge in [0, 0.05) is 41.9 Å². The number of fused-ring (bicyclic) bond motifs is 1. The maximum absolute atomic E-state index is 12.3. The van der Waals surface area contributed by atoms with Gasteiger partial charge in [-0.05, 0) is 71.2 Å². The number of nitrogens with one attached hydrogen (secondary N) is 4. The summed E-state index contributed by atoms with van der Waals surface area (Å²) in [4.78, 5) is 49.9. The number of carbonyl (C=O) groups excluding carboxylic acids is 3. The average molecular weight is 801 g/mol. The Morgan fingerprint density at radius 2 is 1.58 bits per heavy atom. The molecule has 50 heavy (non-hydrogen) atoms. The number of likely N-dealkylation sites (N-methyl/N-ethyl adjacent to an activating group) is 1. The number of carbonyl (C=O) groups is 3. The summed E-state index contributed by atoms with van der Waals surface area (Å²) in [6, 6.07) is 13.4. The van der Waals surface area contributed by atoms with Gasteiger partial charge in [-0.25, -0.2) is 4.98 Å². The van der Waals surface area contributed by atoms with Crippen molar-refractivity contribution in [2.75, 3.05) is 43.0 Å². The number of aryl methyl sites for hydroxylation is 1. The summed E-state index contributed by atoms with van der Waals surface area (Å²) < 4.78 is 8.04. The van der Waals surface area contributed by atoms with E-state index in [1.807, 2.05) is 36.4 Å². The second kappa shape index (κ2) is 16.9. The first kappa shape index (κ1) is 36.7. The molecular weight excluding hydrogens is 759 g/mol. The van der Waals surface area contributed by atoms with Crippen LogP contribution in [0.3, 0.4) is 0 Å². The first-order valence-corrected chi connectivity index (χ1v) is 17.3. The van der Waals surface area contributed by atoms with Gasteiger partial charge >= 0.3 is 0 Å². The van der Waals surface area contributed by atoms with Gasteiger partial charge in [-0.3, -0.25) is 19.0 Å². The maximum Gasteiger partial charge on any atom is 0.252 e. The molecule has 2 aromatic carbocycles. The van der Waals surface area contributed by atoms with Crippen molar-refractivity contribution < 1.29 is 29.3 Å². The van der Waals surface area contributed by atoms with Crippen LogP contribution < -0.4 is 32.7 Å². The van der Waals surface area contributed by atoms with Crippen molar-refractivity contribution >= 4 is 68.9 Å². The zero-order chi connectivity index (χ0) is 35.8. The summed E-state index contributed by atoms with van der Waals surface area (Å²) in [6.07, 6.45) is -2.04. The fraction of sp³-hybridized carbons (Fsp3) is 0.394. The number of nitrogen functional groups attached to an aromatic ring is 2. The van der Waals surface area contributed by atoms with Gasteiger partial charge in [-0.2, -0.15) is 9.97 Å². The summed E-state index contributed by atoms with van der Waals surface area (Å²) in [5.74, 6) is -0.386. The van der Waals surface area contributed by atoms with E-state index in [4.69, 9.17) is 16.2 Å². The number of benzene rings is 2. The van der Waals surface area contributed by atoms with Gasteiger partial charge in [0.1, 0.15) is 17.7 Å². The van der Waals surface area contributed by atoms with Crippen LogP contribution in [0.4, 0.5) is 17.5 Å². The Hall–Kier alpha value is -4.59. The molecule has 4 atom stereocenters. The van der Waals surface area contributed by atoms with Crippen molar-refractivity contribution in [3.8, 4) is 0 Å². The molecule has 2 aromatic heterocycles. The number of anilines is 3. The van der Waals surface area contributed by atoms with E-state index in [-0.39, 0.29) is 35.6 Å². The Bertz CT molecular complexity index is 1820. The van der Waals surface area contributed by atoms with Gasteiger partial charge in [-0.1, -0.05) is 30.3 Å². The molecule has 1 aliphatic rings. The summed E-state index contributed by atoms with van der Waals surface area (Å²) >= 11 is 2.13. The minimum Gasteiger partial charge on any atom is -0.398 e. The number of imidazole rings is 1. The van der Waals surface area contributed by atoms with Crippen molar-refractivity contribution in [1.82, 2.24) is 35.5 Å². The highest BCUT2D eigenvalue weighted by molar-refractivity contribution is 14.1. The molecule has 17 heteroatoms. The predicted octanol–water partition coefficient (Wildman–Crippen LogP) is 0.413. The van der Waals surface area contributed by atoms with E-state index in [2.05, 4.69) is 58.8 Å². The van der Waals surface area contributed by atoms with E-state index >= 15 is 0 Å². The SMILES string of the molecule is CCNC(=O)[C@H]1O[C@@H](n2cnc3c(N)nc(NCCc4ccc(CCC(=O)NCCNC(=O)Cc5ccc(N)c(I)c5)cc4)nc32)[C@H](O)[C@@H]1O. The number of aromatic nitrogens is 4. The molecular formula is C33H41IN10O6. The van der Waals surface area contributed by atoms with Crippen LogP contribution in [0.2, 0.25) is 0 Å². The van der Waals surface area contributed by atoms with Crippen LogP contribution in [0.25, 0.3) is 11.2 Å². The van der Waals surface area contributed by atoms with Crippen LogP contribution in [0.1, 0.15) is 36.3 Å². The maximum atomic E-state index is 12.3. The minimum absolute atomic E-state index is 0.0924. The number of amides is 3. The van der Waals surface area contributed by atoms with E-state index in [1.165, 1.54) is 10.9 Å². The fourth-order valence-corrected chi connectivity index (χ4v) is 6.03. The Labute approximate surface area is 301 Å². The first-order valence-electron chi connectivity index (χ1n) is 16.2. The molecule has 5 rings (SSSR count). The number of hydrogen-bond donors (Lipinski definition) is 8. The number of aliphatic hydroxyl groups is 2. The Kier molecular flexibility index (Phi) is 12.4. The predicted molar refractivity (Wildman–Crippen MR) is 195 cm³/mol. The fourth-order valence-electron chi connectivity index (χ4n) is 5.45. The van der Waals surface area contributed by atoms with Crippen molar-refractivity contribution in [2.45, 2.75) is 57.1 Å². The molecule has 0 bridgehead atoms. The lowest BCUT2D eigenvalue weighted by Crippen LogP contribution is -2.42. The van der Waals surface area contributed by atoms with Crippen LogP contribution >= 0.6 is 22.6 Å². The summed E-state index contributed by atoms with van der Waals surface area (Å²) in [5, 5.41) is 32.5. The monoisotopic (exact) mass is 800 g/mol. The summed E-state index contributed by atoms with van der Waals surface area (Å²) in [6.45, 7) is 3.26. The summed E-state index contributed by atoms with van der Waals surface area (Å²) in [5.41, 5.74) is 16.2. The van der Waals surface area contributed by atoms with Crippen LogP contribution in [0.5, 0.6) is 0 Å². The molecule has 0 saturated carbocycles. The van der Waals surface area contributed by atoms with Gasteiger partial charge in [0.05, 0.1) is 12.7 Å². The van der Waals surface area contributed by atoms with Gasteiger partial charge in [0.25, 0.3) is 5.91 Å². The van der Waals surface area contributed by atoms with E-state index in [0.29, 0.717) is 56.6 Å². The van der Waals surface area contributed by atoms with E-state index in [1.54, 1.807) is 13.0 Å². The number of nitrogens with two attached hydrogens (primary N) is 2. The van der Waals surface area contributed by atoms with Crippen LogP contribution in [-0.4, -0.2) is 91.9 Å². The lowest BCUT2D eigenvalue weighted by atomic mass is 10.1. The van der Waals surface area contributed by atoms with Crippen LogP contribution in [0, 0.1) is 3.57 Å². The number of nitrogens with zero attached hydrogens (tertiary/aromatic N) is 4. The molecule has 16 nitrogen and oxygen atoms in total. The lowest BCUT2D eigenvalue weighted by molar-refractivity contribution is -0.137. The molecule has 1 fully saturated rings. The smallest absolute Gasteiger partial charge is 0.252 e. The van der Waals surface area contributed by atoms with Gasteiger partial charge < -0.3 is 47.7 Å². The van der Waals surface area contributed by atoms with Gasteiger partial charge in [-0.15, -0.1) is 0 Å². The van der Waals surface area contributed by atoms with Crippen molar-refractivity contribution in [2.24, 2.45) is 0 Å². The molecule has 10 N–H and O–H groups in total. The van der Waals surface area contributed by atoms with Gasteiger partial charge in [0.15, 0.2) is 23.8 Å². The zero-order valence-electron chi connectivity index (χ0n) is 27.4. The topological polar surface area (TPSA) is 245 Å². The molecule has 0 unspecified atom stereocenters. The molecule has 266 valence electrons. The molecule has 3 amide bonds. The van der Waals surface area contributed by atoms with Crippen molar-refractivity contribution in [3.63, 3.8) is 0 Å². The Morgan fingerprint density at radius 3 is 2.28 bits per heavy atom. The Morgan fingerprint density at radius 1 is 0.900 bits per heavy atom. The number of halogens is 1. The van der Waals surface area contributed by atoms with Gasteiger partial charge in [0.2, 0.25) is 17.8 Å². The third-order valence-electron chi connectivity index (χ3n) is 8.13. The highest BCUT2D eigenvalue weighted by Gasteiger charge is 2.47. The molecule has 1 saturated heterocycles. The van der Waals surface area contributed by atoms with E-state index < -0.39 is 30.4 Å². The number of ether oxygens (including phenoxy) is 1. The Balaban J connectivity index is 1.04. The second-order valence-corrected chi connectivity index (χ2v) is 13.0. The van der Waals surface area contributed by atoms with Crippen LogP contribution in [-0.2, 0) is 38.4 Å². The summed E-state index contributed by atoms with van der Waals surface area (Å²) in [7, 11) is 0. The quantitative estimate of drug-likeness (QED) is 0.0463. The highest BCUT2D eigenvalue weighted by Crippen LogP contribution is 2.32. The van der Waals surface area contributed by atoms with Crippen molar-refractivity contribution in [3.05, 3.63) is 69.1 Å². The standard InChI is InChI=1S/C33H41IN10O6/c1-2-37-31(49)28-26(47)27(48)32(50-28)44-17-41-25-29(36)42-33(43-30(25)44)40-12-11-19-5-3-18(4-6-19)8-10-23(45)38-13-14-39-24(46)16-20-7-9-22(35)21(34)15-20/h3-7,9,15,17,26-28,32,47-48H,2,8,10-14,16,35H2,1H3,(H,37,49)(H,38,45)(H,39,46)(H3,36,40,42,43)/t26-,27+,28-,32+/m0/s1. The minimum atomic E-state index is -1.44. The number of rotatable bonds is 15. The molecule has 1 aliphatic heterocycles. The van der Waals surface area contributed by atoms with Crippen molar-refractivity contribution in [1.29, 1.82) is 0 Å². The molecule has 3 heterocycles. The largest absolute Gasteiger partial charge is 0.398 e. The van der Waals surface area contributed by atoms with E-state index in [9.17, 15) is 24.6 Å². The highest BCUT2D eigenvalue weighted by atomic mass is 127. The zero-order valence-corrected chi connectivity index (χ0v) is 29.6. The average Bonchev–Trinajstić information content (AvgIpc) is 3.64. The van der Waals surface area contributed by atoms with Crippen LogP contribution in [0.15, 0.2) is 48.8 Å². The lowest BCUT2D eigenvalue weighted by Gasteiger charge is -2.16. The normalized spacial score (nSPS) is 18.6. The first-order chi connectivity index (χ1) is 24.0. The number of hydrogen-bond acceptors (Lipinski definition) is 12. The third kappa shape index (κ3) is 9.14. The molecule has 0 radical (unpaired) electrons. The number of aliphatic hydroxyl groups excluding tert-OH is 2. The third-order valence-corrected chi connectivity index (χ3v) is 9.06.